The van der Waals surface area contributed by atoms with E-state index in [1.54, 1.807) is 0 Å². The van der Waals surface area contributed by atoms with E-state index in [4.69, 9.17) is 5.26 Å². The van der Waals surface area contributed by atoms with Crippen LogP contribution in [0.2, 0.25) is 0 Å². The average molecular weight is 202 g/mol. The van der Waals surface area contributed by atoms with Crippen LogP contribution in [0.3, 0.4) is 0 Å². The highest BCUT2D eigenvalue weighted by Gasteiger charge is 2.28. The molecule has 0 spiro atoms. The Balaban J connectivity index is 2.52. The molecule has 0 aromatic carbocycles. The van der Waals surface area contributed by atoms with Crippen molar-refractivity contribution < 1.29 is 9.59 Å². The number of hydrogen-bond acceptors (Lipinski definition) is 4. The predicted octanol–water partition coefficient (Wildman–Crippen LogP) is 0.973. The number of dihydropyridines is 1. The summed E-state index contributed by atoms with van der Waals surface area (Å²) in [5.41, 5.74) is 1.11. The highest BCUT2D eigenvalue weighted by atomic mass is 16.1. The summed E-state index contributed by atoms with van der Waals surface area (Å²) >= 11 is 0. The van der Waals surface area contributed by atoms with Gasteiger partial charge in [0, 0.05) is 12.0 Å². The number of ketones is 2. The van der Waals surface area contributed by atoms with E-state index in [2.05, 4.69) is 4.99 Å². The number of nitrogens with zero attached hydrogens (tertiary/aromatic N) is 2. The molecule has 1 aliphatic carbocycles. The van der Waals surface area contributed by atoms with Gasteiger partial charge in [-0.3, -0.25) is 14.6 Å². The Labute approximate surface area is 87.3 Å². The predicted molar refractivity (Wildman–Crippen MR) is 53.4 cm³/mol. The molecule has 76 valence electrons. The summed E-state index contributed by atoms with van der Waals surface area (Å²) in [6.45, 7) is -0.0481. The van der Waals surface area contributed by atoms with Crippen molar-refractivity contribution in [1.82, 2.24) is 0 Å². The molecular formula is C11H10N2O2. The van der Waals surface area contributed by atoms with Crippen LogP contribution in [0.1, 0.15) is 25.7 Å². The van der Waals surface area contributed by atoms with E-state index >= 15 is 0 Å². The summed E-state index contributed by atoms with van der Waals surface area (Å²) in [6.07, 6.45) is 2.77. The molecule has 0 saturated heterocycles. The lowest BCUT2D eigenvalue weighted by molar-refractivity contribution is -0.114. The van der Waals surface area contributed by atoms with E-state index in [1.807, 2.05) is 6.07 Å². The van der Waals surface area contributed by atoms with E-state index < -0.39 is 0 Å². The average Bonchev–Trinajstić information content (AvgIpc) is 2.41. The van der Waals surface area contributed by atoms with Gasteiger partial charge in [-0.05, 0) is 19.3 Å². The fraction of sp³-hybridized carbons (Fsp3) is 0.455. The number of hydrogen-bond donors (Lipinski definition) is 0. The van der Waals surface area contributed by atoms with Crippen molar-refractivity contribution in [2.75, 3.05) is 6.54 Å². The zero-order chi connectivity index (χ0) is 10.8. The van der Waals surface area contributed by atoms with Crippen LogP contribution in [0.25, 0.3) is 0 Å². The minimum atomic E-state index is -0.258. The number of fused-ring (bicyclic) bond motifs is 1. The van der Waals surface area contributed by atoms with Crippen molar-refractivity contribution in [3.63, 3.8) is 0 Å². The van der Waals surface area contributed by atoms with Gasteiger partial charge < -0.3 is 0 Å². The number of nitriles is 1. The summed E-state index contributed by atoms with van der Waals surface area (Å²) in [6, 6.07) is 1.90. The van der Waals surface area contributed by atoms with E-state index in [-0.39, 0.29) is 23.7 Å². The maximum Gasteiger partial charge on any atom is 0.195 e. The number of allylic oxidation sites excluding steroid dienone is 1. The van der Waals surface area contributed by atoms with Gasteiger partial charge >= 0.3 is 0 Å². The molecule has 15 heavy (non-hydrogen) atoms. The molecule has 2 aliphatic rings. The van der Waals surface area contributed by atoms with Gasteiger partial charge in [-0.2, -0.15) is 5.26 Å². The van der Waals surface area contributed by atoms with Crippen LogP contribution in [0.15, 0.2) is 16.1 Å². The molecule has 4 nitrogen and oxygen atoms in total. The monoisotopic (exact) mass is 202 g/mol. The molecule has 0 atom stereocenters. The van der Waals surface area contributed by atoms with Gasteiger partial charge in [0.1, 0.15) is 23.9 Å². The first-order valence-corrected chi connectivity index (χ1v) is 4.98. The second-order valence-electron chi connectivity index (χ2n) is 3.68. The molecule has 0 amide bonds. The summed E-state index contributed by atoms with van der Waals surface area (Å²) in [5.74, 6) is -0.284. The van der Waals surface area contributed by atoms with E-state index in [1.165, 1.54) is 0 Å². The molecule has 0 aromatic rings. The van der Waals surface area contributed by atoms with Gasteiger partial charge in [0.2, 0.25) is 0 Å². The largest absolute Gasteiger partial charge is 0.292 e. The topological polar surface area (TPSA) is 70.3 Å². The number of Topliss-reactive ketones (excluding diaryl/α,β-unsaturated/α-hetero) is 2. The van der Waals surface area contributed by atoms with Gasteiger partial charge in [0.05, 0.1) is 0 Å². The minimum Gasteiger partial charge on any atom is -0.292 e. The van der Waals surface area contributed by atoms with Crippen LogP contribution in [-0.4, -0.2) is 23.8 Å². The van der Waals surface area contributed by atoms with Gasteiger partial charge in [-0.25, -0.2) is 0 Å². The summed E-state index contributed by atoms with van der Waals surface area (Å²) < 4.78 is 0. The molecule has 1 saturated carbocycles. The molecule has 1 fully saturated rings. The van der Waals surface area contributed by atoms with E-state index in [0.29, 0.717) is 24.1 Å². The molecule has 1 heterocycles. The van der Waals surface area contributed by atoms with Crippen LogP contribution in [0, 0.1) is 11.3 Å². The van der Waals surface area contributed by atoms with Gasteiger partial charge in [-0.15, -0.1) is 0 Å². The smallest absolute Gasteiger partial charge is 0.195 e. The second-order valence-corrected chi connectivity index (χ2v) is 3.68. The fourth-order valence-electron chi connectivity index (χ4n) is 1.95. The molecular weight excluding hydrogens is 192 g/mol. The molecule has 4 heteroatoms. The normalized spacial score (nSPS) is 21.7. The summed E-state index contributed by atoms with van der Waals surface area (Å²) in [5, 5.41) is 8.88. The first-order chi connectivity index (χ1) is 7.24. The van der Waals surface area contributed by atoms with Gasteiger partial charge in [0.15, 0.2) is 11.6 Å². The van der Waals surface area contributed by atoms with Crippen LogP contribution in [-0.2, 0) is 9.59 Å². The maximum absolute atomic E-state index is 11.6. The molecule has 1 aliphatic heterocycles. The number of carbonyl (C=O) groups excluding carboxylic acids is 2. The van der Waals surface area contributed by atoms with E-state index in [9.17, 15) is 9.59 Å². The Bertz CT molecular complexity index is 438. The van der Waals surface area contributed by atoms with Crippen molar-refractivity contribution >= 4 is 17.3 Å². The van der Waals surface area contributed by atoms with Crippen molar-refractivity contribution in [2.45, 2.75) is 25.7 Å². The molecule has 0 bridgehead atoms. The first kappa shape index (κ1) is 9.78. The lowest BCUT2D eigenvalue weighted by atomic mass is 9.94. The molecule has 0 unspecified atom stereocenters. The Hall–Kier alpha value is -1.76. The molecule has 0 aromatic heterocycles. The molecule has 0 N–H and O–H groups in total. The third-order valence-electron chi connectivity index (χ3n) is 2.70. The Morgan fingerprint density at radius 3 is 2.60 bits per heavy atom. The maximum atomic E-state index is 11.6. The SMILES string of the molecule is N#CC1=C2CCCCC(=O)C2=NCC1=O. The zero-order valence-corrected chi connectivity index (χ0v) is 8.25. The van der Waals surface area contributed by atoms with Crippen LogP contribution >= 0.6 is 0 Å². The lowest BCUT2D eigenvalue weighted by Gasteiger charge is -2.12. The summed E-state index contributed by atoms with van der Waals surface area (Å²) in [7, 11) is 0. The van der Waals surface area contributed by atoms with Crippen molar-refractivity contribution in [3.05, 3.63) is 11.1 Å². The first-order valence-electron chi connectivity index (χ1n) is 4.98. The Kier molecular flexibility index (Phi) is 2.46. The quantitative estimate of drug-likeness (QED) is 0.587. The zero-order valence-electron chi connectivity index (χ0n) is 8.25. The molecule has 0 radical (unpaired) electrons. The second kappa shape index (κ2) is 3.77. The summed E-state index contributed by atoms with van der Waals surface area (Å²) in [4.78, 5) is 27.0. The third kappa shape index (κ3) is 1.61. The number of rotatable bonds is 0. The highest BCUT2D eigenvalue weighted by Crippen LogP contribution is 2.24. The highest BCUT2D eigenvalue weighted by molar-refractivity contribution is 6.48. The fourth-order valence-corrected chi connectivity index (χ4v) is 1.95. The van der Waals surface area contributed by atoms with Crippen LogP contribution in [0.4, 0.5) is 0 Å². The van der Waals surface area contributed by atoms with Gasteiger partial charge in [0.25, 0.3) is 0 Å². The third-order valence-corrected chi connectivity index (χ3v) is 2.70. The van der Waals surface area contributed by atoms with Crippen molar-refractivity contribution in [2.24, 2.45) is 4.99 Å². The molecule has 2 rings (SSSR count). The van der Waals surface area contributed by atoms with Crippen molar-refractivity contribution in [3.8, 4) is 6.07 Å². The van der Waals surface area contributed by atoms with Crippen LogP contribution in [0.5, 0.6) is 0 Å². The Morgan fingerprint density at radius 2 is 1.87 bits per heavy atom. The van der Waals surface area contributed by atoms with Crippen molar-refractivity contribution in [1.29, 1.82) is 5.26 Å². The number of aliphatic imine (C=N–C) groups is 1. The standard InChI is InChI=1S/C11H10N2O2/c12-5-8-7-3-1-2-4-9(14)11(7)13-6-10(8)15/h1-4,6H2. The Morgan fingerprint density at radius 1 is 1.13 bits per heavy atom. The lowest BCUT2D eigenvalue weighted by Crippen LogP contribution is -2.24. The minimum absolute atomic E-state index is 0.0252. The number of carbonyl (C=O) groups is 2. The van der Waals surface area contributed by atoms with Gasteiger partial charge in [-0.1, -0.05) is 0 Å². The van der Waals surface area contributed by atoms with Crippen LogP contribution < -0.4 is 0 Å². The van der Waals surface area contributed by atoms with E-state index in [0.717, 1.165) is 12.8 Å².